The molecule has 0 N–H and O–H groups in total. The largest absolute Gasteiger partial charge is 0.466 e. The van der Waals surface area contributed by atoms with Crippen molar-refractivity contribution in [3.05, 3.63) is 0 Å². The van der Waals surface area contributed by atoms with Gasteiger partial charge in [-0.15, -0.1) is 0 Å². The number of hydrogen-bond donors (Lipinski definition) is 0. The Morgan fingerprint density at radius 1 is 0.383 bits per heavy atom. The predicted octanol–water partition coefficient (Wildman–Crippen LogP) is 13.8. The van der Waals surface area contributed by atoms with Gasteiger partial charge < -0.3 is 9.47 Å². The predicted molar refractivity (Wildman–Crippen MR) is 207 cm³/mol. The van der Waals surface area contributed by atoms with Crippen LogP contribution in [-0.2, 0) is 19.1 Å². The number of esters is 2. The molecule has 0 spiro atoms. The third-order valence-corrected chi connectivity index (χ3v) is 10.3. The van der Waals surface area contributed by atoms with Crippen LogP contribution >= 0.6 is 11.8 Å². The summed E-state index contributed by atoms with van der Waals surface area (Å²) in [5.74, 6) is 2.92. The highest BCUT2D eigenvalue weighted by molar-refractivity contribution is 7.99. The molecular formula is C42H82O4S. The molecular weight excluding hydrogens is 601 g/mol. The average molecular weight is 683 g/mol. The second-order valence-electron chi connectivity index (χ2n) is 15.1. The van der Waals surface area contributed by atoms with Crippen LogP contribution in [0.1, 0.15) is 220 Å². The van der Waals surface area contributed by atoms with Crippen LogP contribution in [-0.4, -0.2) is 36.7 Å². The molecule has 0 amide bonds. The molecule has 0 bridgehead atoms. The molecule has 0 aromatic rings. The van der Waals surface area contributed by atoms with Gasteiger partial charge in [0.25, 0.3) is 0 Å². The van der Waals surface area contributed by atoms with E-state index in [1.54, 1.807) is 11.8 Å². The molecule has 280 valence electrons. The molecule has 0 fully saturated rings. The van der Waals surface area contributed by atoms with Gasteiger partial charge in [-0.1, -0.05) is 195 Å². The normalized spacial score (nSPS) is 11.5. The second-order valence-corrected chi connectivity index (χ2v) is 16.3. The molecule has 0 aromatic carbocycles. The highest BCUT2D eigenvalue weighted by Gasteiger charge is 2.06. The van der Waals surface area contributed by atoms with Crippen molar-refractivity contribution in [1.29, 1.82) is 0 Å². The quantitative estimate of drug-likeness (QED) is 0.0479. The summed E-state index contributed by atoms with van der Waals surface area (Å²) in [5.41, 5.74) is 0. The topological polar surface area (TPSA) is 52.6 Å². The lowest BCUT2D eigenvalue weighted by molar-refractivity contribution is -0.144. The van der Waals surface area contributed by atoms with E-state index >= 15 is 0 Å². The maximum atomic E-state index is 12.0. The average Bonchev–Trinajstić information content (AvgIpc) is 3.03. The van der Waals surface area contributed by atoms with E-state index in [4.69, 9.17) is 9.47 Å². The smallest absolute Gasteiger partial charge is 0.306 e. The van der Waals surface area contributed by atoms with E-state index in [0.717, 1.165) is 37.5 Å². The Labute approximate surface area is 298 Å². The summed E-state index contributed by atoms with van der Waals surface area (Å²) in [4.78, 5) is 23.9. The number of unbranched alkanes of at least 4 members (excludes halogenated alkanes) is 24. The van der Waals surface area contributed by atoms with Crippen LogP contribution in [0.25, 0.3) is 0 Å². The van der Waals surface area contributed by atoms with Crippen LogP contribution in [0.2, 0.25) is 0 Å². The highest BCUT2D eigenvalue weighted by atomic mass is 32.2. The fourth-order valence-electron chi connectivity index (χ4n) is 6.13. The van der Waals surface area contributed by atoms with Crippen molar-refractivity contribution >= 4 is 23.7 Å². The van der Waals surface area contributed by atoms with Gasteiger partial charge in [0.05, 0.1) is 26.1 Å². The monoisotopic (exact) mass is 683 g/mol. The van der Waals surface area contributed by atoms with E-state index in [1.165, 1.54) is 154 Å². The molecule has 0 aromatic heterocycles. The lowest BCUT2D eigenvalue weighted by atomic mass is 10.0. The van der Waals surface area contributed by atoms with Crippen molar-refractivity contribution in [2.75, 3.05) is 24.7 Å². The van der Waals surface area contributed by atoms with Crippen molar-refractivity contribution in [3.63, 3.8) is 0 Å². The molecule has 0 radical (unpaired) electrons. The molecule has 0 saturated carbocycles. The zero-order chi connectivity index (χ0) is 34.5. The van der Waals surface area contributed by atoms with E-state index in [9.17, 15) is 9.59 Å². The van der Waals surface area contributed by atoms with Gasteiger partial charge in [0.2, 0.25) is 0 Å². The van der Waals surface area contributed by atoms with E-state index in [-0.39, 0.29) is 11.9 Å². The van der Waals surface area contributed by atoms with Gasteiger partial charge in [-0.25, -0.2) is 0 Å². The van der Waals surface area contributed by atoms with Crippen LogP contribution in [0, 0.1) is 11.8 Å². The summed E-state index contributed by atoms with van der Waals surface area (Å²) in [6, 6.07) is 0. The molecule has 0 rings (SSSR count). The van der Waals surface area contributed by atoms with E-state index in [1.807, 2.05) is 0 Å². The van der Waals surface area contributed by atoms with Gasteiger partial charge in [-0.05, 0) is 24.7 Å². The summed E-state index contributed by atoms with van der Waals surface area (Å²) in [5, 5.41) is 0. The van der Waals surface area contributed by atoms with Crippen LogP contribution in [0.3, 0.4) is 0 Å². The molecule has 47 heavy (non-hydrogen) atoms. The first-order chi connectivity index (χ1) is 22.9. The molecule has 0 aliphatic heterocycles. The number of ether oxygens (including phenoxy) is 2. The molecule has 5 heteroatoms. The third kappa shape index (κ3) is 41.4. The highest BCUT2D eigenvalue weighted by Crippen LogP contribution is 2.16. The fraction of sp³-hybridized carbons (Fsp3) is 0.952. The minimum Gasteiger partial charge on any atom is -0.466 e. The van der Waals surface area contributed by atoms with Crippen LogP contribution < -0.4 is 0 Å². The van der Waals surface area contributed by atoms with Crippen LogP contribution in [0.5, 0.6) is 0 Å². The number of hydrogen-bond acceptors (Lipinski definition) is 5. The molecule has 0 aliphatic rings. The Hall–Kier alpha value is -0.710. The van der Waals surface area contributed by atoms with Crippen molar-refractivity contribution in [2.45, 2.75) is 220 Å². The molecule has 0 atom stereocenters. The Morgan fingerprint density at radius 2 is 0.617 bits per heavy atom. The second kappa shape index (κ2) is 38.1. The summed E-state index contributed by atoms with van der Waals surface area (Å²) in [6.07, 6.45) is 38.2. The van der Waals surface area contributed by atoms with Gasteiger partial charge in [0.15, 0.2) is 0 Å². The zero-order valence-corrected chi connectivity index (χ0v) is 33.1. The maximum absolute atomic E-state index is 12.0. The number of rotatable bonds is 38. The van der Waals surface area contributed by atoms with Gasteiger partial charge in [-0.2, -0.15) is 11.8 Å². The van der Waals surface area contributed by atoms with Crippen molar-refractivity contribution in [2.24, 2.45) is 11.8 Å². The van der Waals surface area contributed by atoms with Crippen molar-refractivity contribution in [3.8, 4) is 0 Å². The molecule has 0 saturated heterocycles. The Morgan fingerprint density at radius 3 is 0.872 bits per heavy atom. The fourth-order valence-corrected chi connectivity index (χ4v) is 6.95. The van der Waals surface area contributed by atoms with E-state index in [2.05, 4.69) is 27.7 Å². The maximum Gasteiger partial charge on any atom is 0.306 e. The first-order valence-corrected chi connectivity index (χ1v) is 22.0. The van der Waals surface area contributed by atoms with Gasteiger partial charge >= 0.3 is 11.9 Å². The molecule has 0 aliphatic carbocycles. The SMILES string of the molecule is CC(C)CCCCCCCCCCCCCCCOC(=O)CCSCCC(=O)OCCCCCCCCCCCCCCCC(C)C. The van der Waals surface area contributed by atoms with Crippen molar-refractivity contribution < 1.29 is 19.1 Å². The Bertz CT molecular complexity index is 597. The first kappa shape index (κ1) is 46.3. The minimum absolute atomic E-state index is 0.108. The number of thioether (sulfide) groups is 1. The number of carbonyl (C=O) groups excluding carboxylic acids is 2. The molecule has 0 heterocycles. The first-order valence-electron chi connectivity index (χ1n) is 20.8. The van der Waals surface area contributed by atoms with Crippen LogP contribution in [0.15, 0.2) is 0 Å². The Kier molecular flexibility index (Phi) is 37.5. The Balaban J connectivity index is 3.26. The van der Waals surface area contributed by atoms with Crippen molar-refractivity contribution in [1.82, 2.24) is 0 Å². The standard InChI is InChI=1S/C42H82O4S/c1-39(2)31-27-23-19-15-11-7-5-9-13-17-21-25-29-35-45-41(43)33-37-47-38-34-42(44)46-36-30-26-22-18-14-10-6-8-12-16-20-24-28-32-40(3)4/h39-40H,5-38H2,1-4H3. The lowest BCUT2D eigenvalue weighted by Gasteiger charge is -2.06. The minimum atomic E-state index is -0.108. The summed E-state index contributed by atoms with van der Waals surface area (Å²) in [6.45, 7) is 10.4. The van der Waals surface area contributed by atoms with E-state index < -0.39 is 0 Å². The van der Waals surface area contributed by atoms with E-state index in [0.29, 0.717) is 37.6 Å². The van der Waals surface area contributed by atoms with Gasteiger partial charge in [0, 0.05) is 11.5 Å². The summed E-state index contributed by atoms with van der Waals surface area (Å²) in [7, 11) is 0. The van der Waals surface area contributed by atoms with Gasteiger partial charge in [0.1, 0.15) is 0 Å². The zero-order valence-electron chi connectivity index (χ0n) is 32.2. The summed E-state index contributed by atoms with van der Waals surface area (Å²) >= 11 is 1.64. The number of carbonyl (C=O) groups is 2. The van der Waals surface area contributed by atoms with Crippen LogP contribution in [0.4, 0.5) is 0 Å². The lowest BCUT2D eigenvalue weighted by Crippen LogP contribution is -2.09. The third-order valence-electron chi connectivity index (χ3n) is 9.28. The van der Waals surface area contributed by atoms with Gasteiger partial charge in [-0.3, -0.25) is 9.59 Å². The summed E-state index contributed by atoms with van der Waals surface area (Å²) < 4.78 is 10.8. The molecule has 4 nitrogen and oxygen atoms in total. The molecule has 0 unspecified atom stereocenters.